The quantitative estimate of drug-likeness (QED) is 0.209. The van der Waals surface area contributed by atoms with Crippen LogP contribution in [0.5, 0.6) is 0 Å². The van der Waals surface area contributed by atoms with E-state index in [9.17, 15) is 0 Å². The Kier molecular flexibility index (Phi) is 6.62. The average Bonchev–Trinajstić information content (AvgIpc) is 3.53. The van der Waals surface area contributed by atoms with E-state index in [1.165, 1.54) is 6.20 Å². The molecule has 0 aliphatic heterocycles. The number of rotatable bonds is 6. The van der Waals surface area contributed by atoms with Crippen molar-refractivity contribution in [3.8, 4) is 45.7 Å². The molecule has 0 saturated heterocycles. The summed E-state index contributed by atoms with van der Waals surface area (Å²) in [5.41, 5.74) is 5.07. The summed E-state index contributed by atoms with van der Waals surface area (Å²) in [5, 5.41) is 25.0. The van der Waals surface area contributed by atoms with Crippen LogP contribution in [0.1, 0.15) is 11.1 Å². The van der Waals surface area contributed by atoms with Gasteiger partial charge >= 0.3 is 0 Å². The van der Waals surface area contributed by atoms with Gasteiger partial charge in [0.25, 0.3) is 0 Å². The van der Waals surface area contributed by atoms with Crippen molar-refractivity contribution >= 4 is 11.8 Å². The number of ether oxygens (including phenoxy) is 1. The van der Waals surface area contributed by atoms with Crippen molar-refractivity contribution in [1.29, 1.82) is 10.8 Å². The molecule has 10 nitrogen and oxygen atoms in total. The van der Waals surface area contributed by atoms with Crippen LogP contribution in [-0.2, 0) is 4.74 Å². The highest BCUT2D eigenvalue weighted by atomic mass is 16.5. The van der Waals surface area contributed by atoms with Crippen molar-refractivity contribution in [1.82, 2.24) is 30.1 Å². The number of benzene rings is 1. The smallest absolute Gasteiger partial charge is 0.249 e. The van der Waals surface area contributed by atoms with Gasteiger partial charge in [-0.25, -0.2) is 0 Å². The summed E-state index contributed by atoms with van der Waals surface area (Å²) in [5.74, 6) is 0.199. The molecule has 0 aliphatic carbocycles. The normalized spacial score (nSPS) is 10.7. The second kappa shape index (κ2) is 10.8. The van der Waals surface area contributed by atoms with Crippen molar-refractivity contribution in [3.63, 3.8) is 0 Å². The third-order valence-corrected chi connectivity index (χ3v) is 5.89. The molecule has 0 radical (unpaired) electrons. The predicted molar refractivity (Wildman–Crippen MR) is 148 cm³/mol. The Morgan fingerprint density at radius 1 is 0.550 bits per heavy atom. The molecule has 40 heavy (non-hydrogen) atoms. The zero-order chi connectivity index (χ0) is 27.3. The third kappa shape index (κ3) is 5.22. The molecule has 5 heterocycles. The Bertz CT molecular complexity index is 1790. The Labute approximate surface area is 228 Å². The van der Waals surface area contributed by atoms with Crippen molar-refractivity contribution in [2.24, 2.45) is 0 Å². The van der Waals surface area contributed by atoms with Crippen LogP contribution in [0.4, 0.5) is 0 Å². The van der Waals surface area contributed by atoms with Gasteiger partial charge in [-0.2, -0.15) is 0 Å². The van der Waals surface area contributed by atoms with Crippen LogP contribution in [-0.4, -0.2) is 41.9 Å². The van der Waals surface area contributed by atoms with Gasteiger partial charge in [-0.1, -0.05) is 18.2 Å². The number of nitrogens with zero attached hydrogens (tertiary/aromatic N) is 6. The zero-order valence-electron chi connectivity index (χ0n) is 20.9. The standard InChI is InChI=1S/C30H20N8O2/c31-27(39-28(32)21-10-12-25(35-17-21)23-8-1-3-14-33-23)19-6-5-7-20(16-19)29-37-38-30(40-29)22-11-13-26(36-18-22)24-9-2-4-15-34-24/h1-18,31-32H. The van der Waals surface area contributed by atoms with Gasteiger partial charge in [0.05, 0.1) is 33.9 Å². The fourth-order valence-electron chi connectivity index (χ4n) is 3.85. The number of nitrogens with one attached hydrogen (secondary N) is 2. The molecule has 192 valence electrons. The van der Waals surface area contributed by atoms with Crippen molar-refractivity contribution in [3.05, 3.63) is 121 Å². The average molecular weight is 525 g/mol. The van der Waals surface area contributed by atoms with Crippen molar-refractivity contribution in [2.75, 3.05) is 0 Å². The molecular weight excluding hydrogens is 504 g/mol. The molecule has 0 unspecified atom stereocenters. The first-order valence-corrected chi connectivity index (χ1v) is 12.2. The van der Waals surface area contributed by atoms with Crippen molar-refractivity contribution < 1.29 is 9.15 Å². The predicted octanol–water partition coefficient (Wildman–Crippen LogP) is 5.69. The van der Waals surface area contributed by atoms with Gasteiger partial charge in [-0.15, -0.1) is 10.2 Å². The molecule has 6 aromatic rings. The highest BCUT2D eigenvalue weighted by molar-refractivity contribution is 6.05. The lowest BCUT2D eigenvalue weighted by molar-refractivity contribution is 0.538. The maximum Gasteiger partial charge on any atom is 0.249 e. The molecule has 6 rings (SSSR count). The van der Waals surface area contributed by atoms with Gasteiger partial charge in [-0.05, 0) is 66.7 Å². The minimum absolute atomic E-state index is 0.197. The van der Waals surface area contributed by atoms with E-state index in [4.69, 9.17) is 20.0 Å². The number of aromatic nitrogens is 6. The maximum atomic E-state index is 8.40. The summed E-state index contributed by atoms with van der Waals surface area (Å²) in [6.07, 6.45) is 6.59. The van der Waals surface area contributed by atoms with Gasteiger partial charge in [0, 0.05) is 35.9 Å². The minimum Gasteiger partial charge on any atom is -0.421 e. The molecule has 0 aliphatic rings. The third-order valence-electron chi connectivity index (χ3n) is 5.89. The first-order valence-electron chi connectivity index (χ1n) is 12.2. The van der Waals surface area contributed by atoms with E-state index in [1.807, 2.05) is 48.5 Å². The van der Waals surface area contributed by atoms with Gasteiger partial charge in [0.15, 0.2) is 0 Å². The summed E-state index contributed by atoms with van der Waals surface area (Å²) >= 11 is 0. The fraction of sp³-hybridized carbons (Fsp3) is 0. The summed E-state index contributed by atoms with van der Waals surface area (Å²) in [6.45, 7) is 0. The van der Waals surface area contributed by atoms with E-state index in [1.54, 1.807) is 55.0 Å². The fourth-order valence-corrected chi connectivity index (χ4v) is 3.85. The highest BCUT2D eigenvalue weighted by Gasteiger charge is 2.15. The molecule has 2 N–H and O–H groups in total. The molecule has 1 aromatic carbocycles. The lowest BCUT2D eigenvalue weighted by Crippen LogP contribution is -2.13. The van der Waals surface area contributed by atoms with Gasteiger partial charge < -0.3 is 9.15 Å². The van der Waals surface area contributed by atoms with E-state index in [0.717, 1.165) is 17.1 Å². The Morgan fingerprint density at radius 2 is 1.18 bits per heavy atom. The molecule has 5 aromatic heterocycles. The molecule has 0 fully saturated rings. The van der Waals surface area contributed by atoms with Crippen LogP contribution >= 0.6 is 0 Å². The summed E-state index contributed by atoms with van der Waals surface area (Å²) in [7, 11) is 0. The van der Waals surface area contributed by atoms with Crippen LogP contribution < -0.4 is 0 Å². The summed E-state index contributed by atoms with van der Waals surface area (Å²) < 4.78 is 11.4. The first-order chi connectivity index (χ1) is 19.6. The topological polar surface area (TPSA) is 147 Å². The monoisotopic (exact) mass is 524 g/mol. The lowest BCUT2D eigenvalue weighted by Gasteiger charge is -2.09. The van der Waals surface area contributed by atoms with E-state index in [0.29, 0.717) is 33.8 Å². The summed E-state index contributed by atoms with van der Waals surface area (Å²) in [6, 6.07) is 25.3. The minimum atomic E-state index is -0.199. The largest absolute Gasteiger partial charge is 0.421 e. The molecule has 0 amide bonds. The van der Waals surface area contributed by atoms with E-state index >= 15 is 0 Å². The lowest BCUT2D eigenvalue weighted by atomic mass is 10.1. The van der Waals surface area contributed by atoms with E-state index in [2.05, 4.69) is 30.1 Å². The molecule has 10 heteroatoms. The Hall–Kier alpha value is -5.90. The van der Waals surface area contributed by atoms with Gasteiger partial charge in [-0.3, -0.25) is 30.8 Å². The van der Waals surface area contributed by atoms with Crippen LogP contribution in [0.2, 0.25) is 0 Å². The first kappa shape index (κ1) is 24.4. The molecule has 0 atom stereocenters. The van der Waals surface area contributed by atoms with Crippen molar-refractivity contribution in [2.45, 2.75) is 0 Å². The Balaban J connectivity index is 1.14. The highest BCUT2D eigenvalue weighted by Crippen LogP contribution is 2.26. The maximum absolute atomic E-state index is 8.40. The number of hydrogen-bond acceptors (Lipinski definition) is 10. The van der Waals surface area contributed by atoms with E-state index in [-0.39, 0.29) is 17.7 Å². The number of pyridine rings is 4. The second-order valence-corrected chi connectivity index (χ2v) is 8.55. The summed E-state index contributed by atoms with van der Waals surface area (Å²) in [4.78, 5) is 17.4. The van der Waals surface area contributed by atoms with Crippen LogP contribution in [0.3, 0.4) is 0 Å². The molecule has 0 bridgehead atoms. The second-order valence-electron chi connectivity index (χ2n) is 8.55. The zero-order valence-corrected chi connectivity index (χ0v) is 20.9. The number of hydrogen-bond donors (Lipinski definition) is 2. The van der Waals surface area contributed by atoms with E-state index < -0.39 is 0 Å². The van der Waals surface area contributed by atoms with Gasteiger partial charge in [0.2, 0.25) is 23.6 Å². The van der Waals surface area contributed by atoms with Crippen LogP contribution in [0.15, 0.2) is 114 Å². The van der Waals surface area contributed by atoms with Crippen LogP contribution in [0, 0.1) is 10.8 Å². The molecule has 0 saturated carbocycles. The molecule has 0 spiro atoms. The SMILES string of the molecule is N=C(OC(=N)c1cccc(-c2nnc(-c3ccc(-c4ccccn4)nc3)o2)c1)c1ccc(-c2ccccn2)nc1. The van der Waals surface area contributed by atoms with Crippen LogP contribution in [0.25, 0.3) is 45.7 Å². The van der Waals surface area contributed by atoms with Gasteiger partial charge in [0.1, 0.15) is 0 Å². The Morgan fingerprint density at radius 3 is 1.77 bits per heavy atom. The molecular formula is C30H20N8O2.